The number of aromatic amines is 1. The number of rotatable bonds is 6. The summed E-state index contributed by atoms with van der Waals surface area (Å²) in [7, 11) is 3.99. The van der Waals surface area contributed by atoms with Crippen LogP contribution in [0.25, 0.3) is 0 Å². The molecule has 2 N–H and O–H groups in total. The Bertz CT molecular complexity index is 593. The summed E-state index contributed by atoms with van der Waals surface area (Å²) in [4.78, 5) is 16.8. The van der Waals surface area contributed by atoms with Gasteiger partial charge in [0.25, 0.3) is 5.91 Å². The number of ether oxygens (including phenoxy) is 1. The Kier molecular flexibility index (Phi) is 5.25. The molecule has 0 aliphatic carbocycles. The molecule has 0 spiro atoms. The van der Waals surface area contributed by atoms with Crippen molar-refractivity contribution < 1.29 is 9.53 Å². The van der Waals surface area contributed by atoms with Gasteiger partial charge in [-0.05, 0) is 44.4 Å². The second-order valence-electron chi connectivity index (χ2n) is 4.86. The minimum Gasteiger partial charge on any atom is -0.492 e. The van der Waals surface area contributed by atoms with E-state index in [9.17, 15) is 4.79 Å². The van der Waals surface area contributed by atoms with Gasteiger partial charge in [-0.15, -0.1) is 0 Å². The van der Waals surface area contributed by atoms with E-state index in [-0.39, 0.29) is 5.91 Å². The Hall–Kier alpha value is -1.98. The van der Waals surface area contributed by atoms with Crippen LogP contribution in [0.4, 0.5) is 5.69 Å². The van der Waals surface area contributed by atoms with E-state index < -0.39 is 0 Å². The first kappa shape index (κ1) is 15.4. The van der Waals surface area contributed by atoms with Crippen molar-refractivity contribution in [2.24, 2.45) is 0 Å². The standard InChI is InChI=1S/C15H18ClN3O2/c1-19(2)7-8-21-13-5-3-12(4-6-13)18-15(20)14-9-11(16)10-17-14/h3-6,9-10,17H,7-8H2,1-2H3,(H,18,20). The first-order valence-electron chi connectivity index (χ1n) is 6.57. The highest BCUT2D eigenvalue weighted by Crippen LogP contribution is 2.17. The van der Waals surface area contributed by atoms with Gasteiger partial charge in [0.15, 0.2) is 0 Å². The number of H-pyrrole nitrogens is 1. The normalized spacial score (nSPS) is 10.7. The van der Waals surface area contributed by atoms with E-state index in [1.54, 1.807) is 24.4 Å². The summed E-state index contributed by atoms with van der Waals surface area (Å²) in [5, 5.41) is 3.28. The maximum absolute atomic E-state index is 11.9. The average Bonchev–Trinajstić information content (AvgIpc) is 2.87. The second kappa shape index (κ2) is 7.15. The number of hydrogen-bond donors (Lipinski definition) is 2. The van der Waals surface area contributed by atoms with Crippen LogP contribution in [0.2, 0.25) is 5.02 Å². The number of nitrogens with zero attached hydrogens (tertiary/aromatic N) is 1. The van der Waals surface area contributed by atoms with E-state index in [0.717, 1.165) is 12.3 Å². The molecule has 5 nitrogen and oxygen atoms in total. The lowest BCUT2D eigenvalue weighted by molar-refractivity contribution is 0.102. The van der Waals surface area contributed by atoms with Gasteiger partial charge in [-0.25, -0.2) is 0 Å². The van der Waals surface area contributed by atoms with Crippen molar-refractivity contribution in [1.82, 2.24) is 9.88 Å². The molecule has 0 aliphatic heterocycles. The monoisotopic (exact) mass is 307 g/mol. The van der Waals surface area contributed by atoms with Gasteiger partial charge >= 0.3 is 0 Å². The lowest BCUT2D eigenvalue weighted by atomic mass is 10.3. The summed E-state index contributed by atoms with van der Waals surface area (Å²) in [5.74, 6) is 0.543. The summed E-state index contributed by atoms with van der Waals surface area (Å²) in [6.07, 6.45) is 1.57. The molecule has 1 amide bonds. The van der Waals surface area contributed by atoms with E-state index in [1.807, 2.05) is 26.2 Å². The van der Waals surface area contributed by atoms with Gasteiger partial charge in [0.1, 0.15) is 18.1 Å². The molecule has 112 valence electrons. The van der Waals surface area contributed by atoms with Crippen LogP contribution >= 0.6 is 11.6 Å². The van der Waals surface area contributed by atoms with E-state index in [2.05, 4.69) is 15.2 Å². The van der Waals surface area contributed by atoms with Crippen molar-refractivity contribution in [1.29, 1.82) is 0 Å². The molecule has 21 heavy (non-hydrogen) atoms. The summed E-state index contributed by atoms with van der Waals surface area (Å²) < 4.78 is 5.59. The summed E-state index contributed by atoms with van der Waals surface area (Å²) in [6.45, 7) is 1.48. The van der Waals surface area contributed by atoms with Gasteiger partial charge in [-0.2, -0.15) is 0 Å². The Morgan fingerprint density at radius 2 is 2.05 bits per heavy atom. The fourth-order valence-electron chi connectivity index (χ4n) is 1.68. The van der Waals surface area contributed by atoms with E-state index in [1.165, 1.54) is 0 Å². The third-order valence-electron chi connectivity index (χ3n) is 2.81. The summed E-state index contributed by atoms with van der Waals surface area (Å²) in [6, 6.07) is 8.83. The maximum Gasteiger partial charge on any atom is 0.272 e. The third kappa shape index (κ3) is 4.81. The van der Waals surface area contributed by atoms with E-state index in [0.29, 0.717) is 23.0 Å². The number of carbonyl (C=O) groups excluding carboxylic acids is 1. The largest absolute Gasteiger partial charge is 0.492 e. The van der Waals surface area contributed by atoms with Crippen LogP contribution < -0.4 is 10.1 Å². The number of hydrogen-bond acceptors (Lipinski definition) is 3. The number of carbonyl (C=O) groups is 1. The zero-order valence-corrected chi connectivity index (χ0v) is 12.8. The molecule has 0 fully saturated rings. The fourth-order valence-corrected chi connectivity index (χ4v) is 1.84. The Labute approximate surface area is 128 Å². The first-order valence-corrected chi connectivity index (χ1v) is 6.95. The number of anilines is 1. The molecule has 1 heterocycles. The molecule has 0 unspecified atom stereocenters. The topological polar surface area (TPSA) is 57.4 Å². The number of halogens is 1. The van der Waals surface area contributed by atoms with Gasteiger partial charge in [0.05, 0.1) is 5.02 Å². The molecule has 1 aromatic carbocycles. The second-order valence-corrected chi connectivity index (χ2v) is 5.30. The number of aromatic nitrogens is 1. The van der Waals surface area contributed by atoms with Crippen molar-refractivity contribution in [2.45, 2.75) is 0 Å². The number of benzene rings is 1. The molecule has 2 aromatic rings. The van der Waals surface area contributed by atoms with E-state index in [4.69, 9.17) is 16.3 Å². The molecule has 0 aliphatic rings. The fraction of sp³-hybridized carbons (Fsp3) is 0.267. The van der Waals surface area contributed by atoms with Crippen molar-refractivity contribution in [3.05, 3.63) is 47.2 Å². The van der Waals surface area contributed by atoms with Crippen LogP contribution in [-0.4, -0.2) is 43.0 Å². The quantitative estimate of drug-likeness (QED) is 0.863. The average molecular weight is 308 g/mol. The van der Waals surface area contributed by atoms with Gasteiger partial charge in [0, 0.05) is 18.4 Å². The molecule has 0 radical (unpaired) electrons. The molecule has 0 saturated carbocycles. The zero-order valence-electron chi connectivity index (χ0n) is 12.0. The van der Waals surface area contributed by atoms with Crippen LogP contribution in [-0.2, 0) is 0 Å². The van der Waals surface area contributed by atoms with Crippen molar-refractivity contribution in [3.8, 4) is 5.75 Å². The summed E-state index contributed by atoms with van der Waals surface area (Å²) >= 11 is 5.77. The van der Waals surface area contributed by atoms with Crippen molar-refractivity contribution in [3.63, 3.8) is 0 Å². The minimum absolute atomic E-state index is 0.233. The maximum atomic E-state index is 11.9. The first-order chi connectivity index (χ1) is 10.0. The smallest absolute Gasteiger partial charge is 0.272 e. The number of amides is 1. The van der Waals surface area contributed by atoms with Crippen LogP contribution in [0.5, 0.6) is 5.75 Å². The molecule has 6 heteroatoms. The molecule has 0 bridgehead atoms. The van der Waals surface area contributed by atoms with E-state index >= 15 is 0 Å². The van der Waals surface area contributed by atoms with Gasteiger partial charge in [-0.1, -0.05) is 11.6 Å². The highest BCUT2D eigenvalue weighted by atomic mass is 35.5. The molecular weight excluding hydrogens is 290 g/mol. The highest BCUT2D eigenvalue weighted by molar-refractivity contribution is 6.31. The predicted octanol–water partition coefficient (Wildman–Crippen LogP) is 2.86. The summed E-state index contributed by atoms with van der Waals surface area (Å²) in [5.41, 5.74) is 1.12. The Morgan fingerprint density at radius 1 is 1.33 bits per heavy atom. The van der Waals surface area contributed by atoms with Gasteiger partial charge in [-0.3, -0.25) is 4.79 Å². The minimum atomic E-state index is -0.233. The van der Waals surface area contributed by atoms with Crippen LogP contribution in [0.3, 0.4) is 0 Å². The van der Waals surface area contributed by atoms with Crippen molar-refractivity contribution >= 4 is 23.2 Å². The predicted molar refractivity (Wildman–Crippen MR) is 84.2 cm³/mol. The SMILES string of the molecule is CN(C)CCOc1ccc(NC(=O)c2cc(Cl)c[nH]2)cc1. The Morgan fingerprint density at radius 3 is 2.62 bits per heavy atom. The van der Waals surface area contributed by atoms with Crippen LogP contribution in [0.15, 0.2) is 36.5 Å². The highest BCUT2D eigenvalue weighted by Gasteiger charge is 2.08. The molecule has 0 atom stereocenters. The lowest BCUT2D eigenvalue weighted by Crippen LogP contribution is -2.19. The van der Waals surface area contributed by atoms with Crippen LogP contribution in [0.1, 0.15) is 10.5 Å². The number of likely N-dealkylation sites (N-methyl/N-ethyl adjacent to an activating group) is 1. The number of nitrogens with one attached hydrogen (secondary N) is 2. The molecule has 1 aromatic heterocycles. The third-order valence-corrected chi connectivity index (χ3v) is 3.03. The molecule has 2 rings (SSSR count). The van der Waals surface area contributed by atoms with Crippen LogP contribution in [0, 0.1) is 0 Å². The van der Waals surface area contributed by atoms with Gasteiger partial charge < -0.3 is 19.9 Å². The lowest BCUT2D eigenvalue weighted by Gasteiger charge is -2.11. The molecule has 0 saturated heterocycles. The van der Waals surface area contributed by atoms with Crippen molar-refractivity contribution in [2.75, 3.05) is 32.6 Å². The van der Waals surface area contributed by atoms with Gasteiger partial charge in [0.2, 0.25) is 0 Å². The molecular formula is C15H18ClN3O2. The Balaban J connectivity index is 1.88. The zero-order chi connectivity index (χ0) is 15.2.